The zero-order valence-corrected chi connectivity index (χ0v) is 21.0. The standard InChI is InChI=1S/C27H31ClN2O6/c1-17-9-6-10-18(28)22(17)29-13-7-12-27-21(24(32)30(14-8-15-31)23(27)25(29)33)20-19(36-27)11-4-2-3-5-16-35-26(20)34/h4,6-7,9-12,19-21,23,31H,2-3,5,8,13-16H2,1H3/b11-4-/t19-,20+,21+,23?,27+/m1/s1. The van der Waals surface area contributed by atoms with Gasteiger partial charge >= 0.3 is 5.97 Å². The number of carbonyl (C=O) groups is 3. The molecule has 1 aromatic rings. The summed E-state index contributed by atoms with van der Waals surface area (Å²) in [4.78, 5) is 44.5. The van der Waals surface area contributed by atoms with E-state index in [1.165, 1.54) is 4.90 Å². The molecule has 2 amide bonds. The molecule has 5 atom stereocenters. The molecule has 2 fully saturated rings. The molecule has 1 spiro atoms. The molecule has 4 aliphatic heterocycles. The van der Waals surface area contributed by atoms with E-state index in [-0.39, 0.29) is 38.1 Å². The number of benzene rings is 1. The number of halogens is 1. The summed E-state index contributed by atoms with van der Waals surface area (Å²) in [6.07, 6.45) is 9.50. The summed E-state index contributed by atoms with van der Waals surface area (Å²) in [5.41, 5.74) is 0.0800. The first-order valence-corrected chi connectivity index (χ1v) is 12.9. The largest absolute Gasteiger partial charge is 0.465 e. The number of aliphatic hydroxyl groups excluding tert-OH is 1. The van der Waals surface area contributed by atoms with Gasteiger partial charge in [0.2, 0.25) is 5.91 Å². The molecule has 4 heterocycles. The van der Waals surface area contributed by atoms with Gasteiger partial charge in [-0.3, -0.25) is 14.4 Å². The molecular weight excluding hydrogens is 484 g/mol. The van der Waals surface area contributed by atoms with E-state index in [4.69, 9.17) is 21.1 Å². The van der Waals surface area contributed by atoms with Gasteiger partial charge in [-0.15, -0.1) is 0 Å². The Labute approximate surface area is 215 Å². The van der Waals surface area contributed by atoms with E-state index in [0.717, 1.165) is 24.8 Å². The minimum atomic E-state index is -1.33. The molecular formula is C27H31ClN2O6. The van der Waals surface area contributed by atoms with Crippen LogP contribution in [0.1, 0.15) is 31.2 Å². The number of cyclic esters (lactones) is 1. The van der Waals surface area contributed by atoms with Crippen molar-refractivity contribution in [3.63, 3.8) is 0 Å². The van der Waals surface area contributed by atoms with E-state index in [1.807, 2.05) is 37.3 Å². The third kappa shape index (κ3) is 3.96. The average molecular weight is 515 g/mol. The van der Waals surface area contributed by atoms with Gasteiger partial charge in [0.1, 0.15) is 17.6 Å². The lowest BCUT2D eigenvalue weighted by atomic mass is 9.78. The van der Waals surface area contributed by atoms with E-state index in [2.05, 4.69) is 0 Å². The molecule has 192 valence electrons. The Hall–Kier alpha value is -2.68. The van der Waals surface area contributed by atoms with E-state index >= 15 is 0 Å². The van der Waals surface area contributed by atoms with Crippen LogP contribution in [0.3, 0.4) is 0 Å². The Balaban J connectivity index is 1.62. The van der Waals surface area contributed by atoms with Crippen LogP contribution in [-0.4, -0.2) is 71.8 Å². The number of aliphatic hydroxyl groups is 1. The van der Waals surface area contributed by atoms with Gasteiger partial charge in [0.05, 0.1) is 29.3 Å². The van der Waals surface area contributed by atoms with Gasteiger partial charge in [0, 0.05) is 19.7 Å². The number of likely N-dealkylation sites (tertiary alicyclic amines) is 1. The van der Waals surface area contributed by atoms with Crippen molar-refractivity contribution in [3.05, 3.63) is 53.1 Å². The number of carbonyl (C=O) groups excluding carboxylic acids is 3. The van der Waals surface area contributed by atoms with Crippen molar-refractivity contribution in [2.24, 2.45) is 11.8 Å². The number of amides is 2. The van der Waals surface area contributed by atoms with Gasteiger partial charge in [-0.05, 0) is 44.2 Å². The van der Waals surface area contributed by atoms with E-state index < -0.39 is 35.6 Å². The van der Waals surface area contributed by atoms with Crippen LogP contribution in [0.2, 0.25) is 5.02 Å². The van der Waals surface area contributed by atoms with Crippen LogP contribution < -0.4 is 4.90 Å². The number of hydrogen-bond acceptors (Lipinski definition) is 6. The second kappa shape index (κ2) is 10.00. The highest BCUT2D eigenvalue weighted by molar-refractivity contribution is 6.34. The maximum atomic E-state index is 14.3. The van der Waals surface area contributed by atoms with Gasteiger partial charge in [0.15, 0.2) is 0 Å². The fourth-order valence-corrected chi connectivity index (χ4v) is 6.39. The number of rotatable bonds is 4. The van der Waals surface area contributed by atoms with Crippen LogP contribution in [0.15, 0.2) is 42.5 Å². The van der Waals surface area contributed by atoms with E-state index in [9.17, 15) is 19.5 Å². The zero-order chi connectivity index (χ0) is 25.4. The quantitative estimate of drug-likeness (QED) is 0.490. The molecule has 0 aromatic heterocycles. The number of para-hydroxylation sites is 1. The summed E-state index contributed by atoms with van der Waals surface area (Å²) in [5.74, 6) is -2.91. The number of anilines is 1. The Morgan fingerprint density at radius 1 is 1.17 bits per heavy atom. The van der Waals surface area contributed by atoms with Crippen molar-refractivity contribution in [3.8, 4) is 0 Å². The minimum absolute atomic E-state index is 0.136. The van der Waals surface area contributed by atoms with E-state index in [0.29, 0.717) is 17.1 Å². The Morgan fingerprint density at radius 3 is 2.78 bits per heavy atom. The van der Waals surface area contributed by atoms with Gasteiger partial charge in [-0.1, -0.05) is 48.0 Å². The molecule has 4 aliphatic rings. The second-order valence-corrected chi connectivity index (χ2v) is 10.2. The maximum absolute atomic E-state index is 14.3. The molecule has 0 aliphatic carbocycles. The number of esters is 1. The Morgan fingerprint density at radius 2 is 2.00 bits per heavy atom. The molecule has 5 rings (SSSR count). The lowest BCUT2D eigenvalue weighted by Crippen LogP contribution is -2.55. The molecule has 36 heavy (non-hydrogen) atoms. The van der Waals surface area contributed by atoms with Gasteiger partial charge < -0.3 is 24.4 Å². The monoisotopic (exact) mass is 514 g/mol. The van der Waals surface area contributed by atoms with Crippen LogP contribution >= 0.6 is 11.6 Å². The molecule has 0 saturated carbocycles. The van der Waals surface area contributed by atoms with E-state index in [1.54, 1.807) is 17.0 Å². The number of nitrogens with zero attached hydrogens (tertiary/aromatic N) is 2. The summed E-state index contributed by atoms with van der Waals surface area (Å²) < 4.78 is 12.1. The SMILES string of the molecule is Cc1cccc(Cl)c1N1CC=C[C@]23O[C@@H]4/C=C\CCCCOC(=O)[C@@H]4[C@H]2C(=O)N(CCCO)C3C1=O. The first kappa shape index (κ1) is 25.0. The van der Waals surface area contributed by atoms with Crippen molar-refractivity contribution in [1.82, 2.24) is 4.90 Å². The predicted octanol–water partition coefficient (Wildman–Crippen LogP) is 2.80. The number of ether oxygens (including phenoxy) is 2. The predicted molar refractivity (Wildman–Crippen MR) is 133 cm³/mol. The average Bonchev–Trinajstić information content (AvgIpc) is 3.23. The Kier molecular flexibility index (Phi) is 6.94. The third-order valence-electron chi connectivity index (χ3n) is 7.62. The Bertz CT molecular complexity index is 1100. The zero-order valence-electron chi connectivity index (χ0n) is 20.3. The van der Waals surface area contributed by atoms with Gasteiger partial charge in [-0.2, -0.15) is 0 Å². The third-order valence-corrected chi connectivity index (χ3v) is 7.92. The molecule has 0 bridgehead atoms. The van der Waals surface area contributed by atoms with Crippen molar-refractivity contribution in [1.29, 1.82) is 0 Å². The summed E-state index contributed by atoms with van der Waals surface area (Å²) >= 11 is 6.54. The highest BCUT2D eigenvalue weighted by Gasteiger charge is 2.71. The number of fused-ring (bicyclic) bond motifs is 2. The maximum Gasteiger partial charge on any atom is 0.312 e. The molecule has 8 nitrogen and oxygen atoms in total. The van der Waals surface area contributed by atoms with Crippen LogP contribution in [0, 0.1) is 18.8 Å². The highest BCUT2D eigenvalue weighted by atomic mass is 35.5. The smallest absolute Gasteiger partial charge is 0.312 e. The van der Waals surface area contributed by atoms with Crippen LogP contribution in [0.5, 0.6) is 0 Å². The lowest BCUT2D eigenvalue weighted by Gasteiger charge is -2.35. The molecule has 2 saturated heterocycles. The highest BCUT2D eigenvalue weighted by Crippen LogP contribution is 2.53. The summed E-state index contributed by atoms with van der Waals surface area (Å²) in [5, 5.41) is 9.94. The van der Waals surface area contributed by atoms with Crippen molar-refractivity contribution < 1.29 is 29.0 Å². The first-order valence-electron chi connectivity index (χ1n) is 12.6. The topological polar surface area (TPSA) is 96.4 Å². The van der Waals surface area contributed by atoms with Crippen molar-refractivity contribution in [2.45, 2.75) is 50.4 Å². The number of hydrogen-bond donors (Lipinski definition) is 1. The second-order valence-electron chi connectivity index (χ2n) is 9.80. The van der Waals surface area contributed by atoms with Crippen LogP contribution in [-0.2, 0) is 23.9 Å². The molecule has 1 unspecified atom stereocenters. The normalized spacial score (nSPS) is 33.0. The molecule has 1 N–H and O–H groups in total. The van der Waals surface area contributed by atoms with Crippen molar-refractivity contribution >= 4 is 35.1 Å². The molecule has 9 heteroatoms. The lowest BCUT2D eigenvalue weighted by molar-refractivity contribution is -0.154. The van der Waals surface area contributed by atoms with Crippen LogP contribution in [0.4, 0.5) is 5.69 Å². The number of allylic oxidation sites excluding steroid dienone is 1. The van der Waals surface area contributed by atoms with Crippen molar-refractivity contribution in [2.75, 3.05) is 31.2 Å². The van der Waals surface area contributed by atoms with Gasteiger partial charge in [-0.25, -0.2) is 0 Å². The fraction of sp³-hybridized carbons (Fsp3) is 0.519. The number of aryl methyl sites for hydroxylation is 1. The van der Waals surface area contributed by atoms with Gasteiger partial charge in [0.25, 0.3) is 5.91 Å². The fourth-order valence-electron chi connectivity index (χ4n) is 6.06. The molecule has 1 aromatic carbocycles. The first-order chi connectivity index (χ1) is 17.4. The minimum Gasteiger partial charge on any atom is -0.465 e. The summed E-state index contributed by atoms with van der Waals surface area (Å²) in [6.45, 7) is 2.44. The summed E-state index contributed by atoms with van der Waals surface area (Å²) in [7, 11) is 0. The molecule has 0 radical (unpaired) electrons. The van der Waals surface area contributed by atoms with Crippen LogP contribution in [0.25, 0.3) is 0 Å². The summed E-state index contributed by atoms with van der Waals surface area (Å²) in [6, 6.07) is 4.43.